The number of imidazole rings is 1. The number of aromatic nitrogens is 3. The number of pyridine rings is 1. The van der Waals surface area contributed by atoms with Crippen molar-refractivity contribution in [2.24, 2.45) is 0 Å². The third-order valence-electron chi connectivity index (χ3n) is 7.76. The molecule has 0 atom stereocenters. The first kappa shape index (κ1) is 33.4. The van der Waals surface area contributed by atoms with E-state index in [2.05, 4.69) is 131 Å². The number of halogens is 2. The normalized spacial score (nSPS) is 11.3. The van der Waals surface area contributed by atoms with E-state index in [4.69, 9.17) is 5.73 Å². The van der Waals surface area contributed by atoms with Gasteiger partial charge in [-0.2, -0.15) is 9.13 Å². The molecule has 2 heterocycles. The Morgan fingerprint density at radius 1 is 0.675 bits per heavy atom. The Labute approximate surface area is 254 Å². The van der Waals surface area contributed by atoms with Crippen molar-refractivity contribution >= 4 is 5.82 Å². The van der Waals surface area contributed by atoms with E-state index in [0.717, 1.165) is 5.82 Å². The van der Waals surface area contributed by atoms with Crippen LogP contribution in [0.5, 0.6) is 0 Å². The quantitative estimate of drug-likeness (QED) is 0.315. The number of nitrogen functional groups attached to an aromatic ring is 1. The van der Waals surface area contributed by atoms with Crippen molar-refractivity contribution in [3.63, 3.8) is 0 Å². The molecule has 0 aliphatic rings. The first-order valence-electron chi connectivity index (χ1n) is 14.2. The zero-order chi connectivity index (χ0) is 27.7. The molecule has 0 bridgehead atoms. The highest BCUT2D eigenvalue weighted by atomic mass is 35.5. The molecule has 0 unspecified atom stereocenters. The maximum atomic E-state index is 6.46. The van der Waals surface area contributed by atoms with Gasteiger partial charge in [0.15, 0.2) is 17.9 Å². The van der Waals surface area contributed by atoms with Gasteiger partial charge in [-0.05, 0) is 29.7 Å². The number of para-hydroxylation sites is 2. The minimum atomic E-state index is 0. The highest BCUT2D eigenvalue weighted by molar-refractivity contribution is 5.53. The smallest absolute Gasteiger partial charge is 0.272 e. The largest absolute Gasteiger partial charge is 1.00 e. The predicted molar refractivity (Wildman–Crippen MR) is 159 cm³/mol. The van der Waals surface area contributed by atoms with Crippen LogP contribution in [0.15, 0.2) is 67.1 Å². The van der Waals surface area contributed by atoms with Crippen LogP contribution in [-0.2, 0) is 6.54 Å². The Kier molecular flexibility index (Phi) is 11.4. The molecule has 2 aromatic carbocycles. The van der Waals surface area contributed by atoms with Crippen molar-refractivity contribution in [1.82, 2.24) is 4.57 Å². The van der Waals surface area contributed by atoms with Gasteiger partial charge in [-0.15, -0.1) is 0 Å². The van der Waals surface area contributed by atoms with Crippen molar-refractivity contribution in [2.45, 2.75) is 92.5 Å². The molecule has 0 aliphatic carbocycles. The second-order valence-electron chi connectivity index (χ2n) is 11.8. The van der Waals surface area contributed by atoms with E-state index in [0.29, 0.717) is 30.2 Å². The molecular formula is C34H46Cl2N4. The monoisotopic (exact) mass is 580 g/mol. The summed E-state index contributed by atoms with van der Waals surface area (Å²) in [6.07, 6.45) is 4.42. The molecule has 0 saturated carbocycles. The minimum absolute atomic E-state index is 0. The van der Waals surface area contributed by atoms with E-state index < -0.39 is 0 Å². The number of anilines is 1. The molecule has 4 rings (SSSR count). The van der Waals surface area contributed by atoms with Crippen LogP contribution in [0, 0.1) is 6.92 Å². The van der Waals surface area contributed by atoms with E-state index in [1.807, 2.05) is 12.1 Å². The number of nitrogens with two attached hydrogens (primary N) is 1. The fourth-order valence-corrected chi connectivity index (χ4v) is 5.57. The molecule has 216 valence electrons. The summed E-state index contributed by atoms with van der Waals surface area (Å²) in [5.41, 5.74) is 17.0. The van der Waals surface area contributed by atoms with Crippen molar-refractivity contribution in [3.05, 3.63) is 101 Å². The maximum absolute atomic E-state index is 6.46. The van der Waals surface area contributed by atoms with Crippen LogP contribution in [0.25, 0.3) is 11.4 Å². The molecule has 0 amide bonds. The van der Waals surface area contributed by atoms with Gasteiger partial charge in [0.1, 0.15) is 11.4 Å². The molecule has 2 N–H and O–H groups in total. The standard InChI is InChI=1S/C34H45N4.2ClH/c1-22(2)27-14-12-15-28(23(3)4)33(27)37-21-38(31(26(37)9)20-36-19-11-10-18-32(36)35)34-29(24(5)6)16-13-17-30(34)25(7)8;;/h10-19,21-25,35H,20H2,1-9H3;2*1H/q+1;;/p-1. The first-order valence-corrected chi connectivity index (χ1v) is 14.2. The summed E-state index contributed by atoms with van der Waals surface area (Å²) in [5.74, 6) is 2.39. The summed E-state index contributed by atoms with van der Waals surface area (Å²) in [6, 6.07) is 19.6. The van der Waals surface area contributed by atoms with Crippen LogP contribution in [0.2, 0.25) is 0 Å². The molecule has 2 aromatic heterocycles. The summed E-state index contributed by atoms with van der Waals surface area (Å²) in [7, 11) is 0. The lowest BCUT2D eigenvalue weighted by Gasteiger charge is -2.18. The Morgan fingerprint density at radius 2 is 1.15 bits per heavy atom. The summed E-state index contributed by atoms with van der Waals surface area (Å²) in [4.78, 5) is 0. The number of benzene rings is 2. The van der Waals surface area contributed by atoms with Gasteiger partial charge in [0.2, 0.25) is 0 Å². The van der Waals surface area contributed by atoms with E-state index in [1.165, 1.54) is 45.0 Å². The zero-order valence-electron chi connectivity index (χ0n) is 25.5. The van der Waals surface area contributed by atoms with Gasteiger partial charge in [-0.1, -0.05) is 97.9 Å². The fraction of sp³-hybridized carbons (Fsp3) is 0.412. The number of rotatable bonds is 8. The Morgan fingerprint density at radius 3 is 1.60 bits per heavy atom. The van der Waals surface area contributed by atoms with Crippen LogP contribution in [0.3, 0.4) is 0 Å². The van der Waals surface area contributed by atoms with Crippen molar-refractivity contribution in [2.75, 3.05) is 5.73 Å². The molecule has 0 spiro atoms. The third-order valence-corrected chi connectivity index (χ3v) is 7.76. The summed E-state index contributed by atoms with van der Waals surface area (Å²) in [5, 5.41) is 0. The van der Waals surface area contributed by atoms with Crippen LogP contribution in [-0.4, -0.2) is 4.57 Å². The summed E-state index contributed by atoms with van der Waals surface area (Å²) in [6.45, 7) is 21.3. The first-order chi connectivity index (χ1) is 18.0. The number of hydrogen-bond donors (Lipinski definition) is 1. The predicted octanol–water partition coefficient (Wildman–Crippen LogP) is 1.48. The van der Waals surface area contributed by atoms with Crippen molar-refractivity contribution in [1.29, 1.82) is 0 Å². The molecule has 0 saturated heterocycles. The van der Waals surface area contributed by atoms with Crippen LogP contribution in [0.4, 0.5) is 5.82 Å². The molecule has 6 heteroatoms. The van der Waals surface area contributed by atoms with Crippen molar-refractivity contribution < 1.29 is 33.9 Å². The second kappa shape index (κ2) is 13.7. The van der Waals surface area contributed by atoms with E-state index in [1.54, 1.807) is 0 Å². The molecular weight excluding hydrogens is 535 g/mol. The van der Waals surface area contributed by atoms with Crippen LogP contribution < -0.4 is 39.7 Å². The average molecular weight is 582 g/mol. The van der Waals surface area contributed by atoms with Crippen molar-refractivity contribution in [3.8, 4) is 11.4 Å². The van der Waals surface area contributed by atoms with Gasteiger partial charge in [0, 0.05) is 35.2 Å². The molecule has 0 aliphatic heterocycles. The zero-order valence-corrected chi connectivity index (χ0v) is 27.1. The molecule has 4 aromatic rings. The highest BCUT2D eigenvalue weighted by Crippen LogP contribution is 2.34. The topological polar surface area (TPSA) is 38.7 Å². The lowest BCUT2D eigenvalue weighted by atomic mass is 9.92. The van der Waals surface area contributed by atoms with E-state index >= 15 is 0 Å². The molecule has 0 fully saturated rings. The maximum Gasteiger partial charge on any atom is 0.272 e. The Bertz CT molecular complexity index is 1380. The molecule has 4 nitrogen and oxygen atoms in total. The fourth-order valence-electron chi connectivity index (χ4n) is 5.57. The lowest BCUT2D eigenvalue weighted by molar-refractivity contribution is -0.704. The summed E-state index contributed by atoms with van der Waals surface area (Å²) < 4.78 is 7.05. The van der Waals surface area contributed by atoms with Gasteiger partial charge in [0.25, 0.3) is 12.1 Å². The van der Waals surface area contributed by atoms with E-state index in [-0.39, 0.29) is 24.8 Å². The minimum Gasteiger partial charge on any atom is -1.00 e. The van der Waals surface area contributed by atoms with Gasteiger partial charge < -0.3 is 24.8 Å². The SMILES string of the molecule is Cc1c(C[n+]2ccccc2N)[n+](-c2c(C(C)C)cccc2C(C)C)cn1-c1c(C(C)C)cccc1C(C)C.[Cl-].[Cl-]. The van der Waals surface area contributed by atoms with Gasteiger partial charge in [-0.25, -0.2) is 4.57 Å². The Hall–Kier alpha value is -2.82. The van der Waals surface area contributed by atoms with Crippen LogP contribution >= 0.6 is 0 Å². The van der Waals surface area contributed by atoms with Gasteiger partial charge >= 0.3 is 0 Å². The molecule has 40 heavy (non-hydrogen) atoms. The van der Waals surface area contributed by atoms with Gasteiger partial charge in [-0.3, -0.25) is 5.73 Å². The molecule has 0 radical (unpaired) electrons. The average Bonchev–Trinajstić information content (AvgIpc) is 3.19. The third kappa shape index (κ3) is 6.39. The number of hydrogen-bond acceptors (Lipinski definition) is 1. The number of nitrogens with zero attached hydrogens (tertiary/aromatic N) is 3. The highest BCUT2D eigenvalue weighted by Gasteiger charge is 2.31. The Balaban J connectivity index is 0.00000280. The van der Waals surface area contributed by atoms with Gasteiger partial charge in [0.05, 0.1) is 6.20 Å². The lowest BCUT2D eigenvalue weighted by Crippen LogP contribution is -3.00. The van der Waals surface area contributed by atoms with E-state index in [9.17, 15) is 0 Å². The summed E-state index contributed by atoms with van der Waals surface area (Å²) >= 11 is 0. The second-order valence-corrected chi connectivity index (χ2v) is 11.8. The van der Waals surface area contributed by atoms with Crippen LogP contribution in [0.1, 0.15) is 113 Å².